The van der Waals surface area contributed by atoms with Crippen molar-refractivity contribution >= 4 is 6.01 Å². The highest BCUT2D eigenvalue weighted by molar-refractivity contribution is 5.61. The Morgan fingerprint density at radius 2 is 1.88 bits per heavy atom. The van der Waals surface area contributed by atoms with Gasteiger partial charge in [-0.1, -0.05) is 35.0 Å². The zero-order valence-corrected chi connectivity index (χ0v) is 14.6. The molecule has 0 fully saturated rings. The van der Waals surface area contributed by atoms with E-state index in [4.69, 9.17) is 14.0 Å². The molecule has 0 aliphatic carbocycles. The molecule has 0 atom stereocenters. The lowest BCUT2D eigenvalue weighted by atomic mass is 10.1. The molecule has 25 heavy (non-hydrogen) atoms. The van der Waals surface area contributed by atoms with Gasteiger partial charge in [0.05, 0.1) is 14.2 Å². The quantitative estimate of drug-likeness (QED) is 0.707. The molecule has 0 saturated carbocycles. The second-order valence-electron chi connectivity index (χ2n) is 5.66. The van der Waals surface area contributed by atoms with Crippen LogP contribution >= 0.6 is 0 Å². The maximum Gasteiger partial charge on any atom is 0.321 e. The topological polar surface area (TPSA) is 69.4 Å². The van der Waals surface area contributed by atoms with Crippen LogP contribution in [0.4, 0.5) is 6.01 Å². The number of nitrogens with zero attached hydrogens (tertiary/aromatic N) is 2. The summed E-state index contributed by atoms with van der Waals surface area (Å²) < 4.78 is 15.8. The second kappa shape index (κ2) is 7.70. The molecule has 0 aliphatic rings. The summed E-state index contributed by atoms with van der Waals surface area (Å²) in [6, 6.07) is 14.3. The first-order valence-corrected chi connectivity index (χ1v) is 8.05. The molecule has 0 aliphatic heterocycles. The van der Waals surface area contributed by atoms with Gasteiger partial charge in [0, 0.05) is 12.1 Å². The molecule has 1 aromatic heterocycles. The van der Waals surface area contributed by atoms with Gasteiger partial charge in [0.2, 0.25) is 5.82 Å². The van der Waals surface area contributed by atoms with Gasteiger partial charge in [0.25, 0.3) is 0 Å². The summed E-state index contributed by atoms with van der Waals surface area (Å²) in [7, 11) is 3.19. The number of nitrogens with one attached hydrogen (secondary N) is 1. The summed E-state index contributed by atoms with van der Waals surface area (Å²) in [5, 5.41) is 7.17. The van der Waals surface area contributed by atoms with Crippen LogP contribution in [0.2, 0.25) is 0 Å². The Bertz CT molecular complexity index is 845. The van der Waals surface area contributed by atoms with E-state index >= 15 is 0 Å². The van der Waals surface area contributed by atoms with Crippen LogP contribution in [0.25, 0.3) is 11.4 Å². The fraction of sp³-hybridized carbons (Fsp3) is 0.263. The Balaban J connectivity index is 1.64. The summed E-state index contributed by atoms with van der Waals surface area (Å²) in [6.45, 7) is 2.81. The van der Waals surface area contributed by atoms with Crippen molar-refractivity contribution in [1.29, 1.82) is 0 Å². The van der Waals surface area contributed by atoms with Crippen LogP contribution in [0.15, 0.2) is 47.0 Å². The first kappa shape index (κ1) is 16.8. The number of aromatic nitrogens is 2. The summed E-state index contributed by atoms with van der Waals surface area (Å²) in [5.74, 6) is 1.78. The van der Waals surface area contributed by atoms with Crippen LogP contribution in [-0.4, -0.2) is 30.9 Å². The predicted octanol–water partition coefficient (Wildman–Crippen LogP) is 3.72. The van der Waals surface area contributed by atoms with E-state index in [0.717, 1.165) is 18.5 Å². The number of hydrogen-bond acceptors (Lipinski definition) is 6. The summed E-state index contributed by atoms with van der Waals surface area (Å²) in [6.07, 6.45) is 0.885. The van der Waals surface area contributed by atoms with Crippen LogP contribution in [0.5, 0.6) is 11.5 Å². The van der Waals surface area contributed by atoms with E-state index in [2.05, 4.69) is 46.6 Å². The van der Waals surface area contributed by atoms with Gasteiger partial charge in [-0.3, -0.25) is 0 Å². The maximum atomic E-state index is 5.30. The Labute approximate surface area is 146 Å². The fourth-order valence-corrected chi connectivity index (χ4v) is 2.57. The highest BCUT2D eigenvalue weighted by atomic mass is 16.5. The molecule has 130 valence electrons. The van der Waals surface area contributed by atoms with Crippen LogP contribution < -0.4 is 14.8 Å². The van der Waals surface area contributed by atoms with Crippen molar-refractivity contribution in [3.63, 3.8) is 0 Å². The van der Waals surface area contributed by atoms with Crippen molar-refractivity contribution in [2.24, 2.45) is 0 Å². The Morgan fingerprint density at radius 1 is 1.04 bits per heavy atom. The standard InChI is InChI=1S/C19H21N3O3/c1-13-5-4-6-14(11-13)9-10-20-19-21-18(22-25-19)15-7-8-16(23-2)17(12-15)24-3/h4-8,11-12H,9-10H2,1-3H3,(H,20,21,22). The van der Waals surface area contributed by atoms with Crippen molar-refractivity contribution in [3.8, 4) is 22.9 Å². The molecule has 0 saturated heterocycles. The normalized spacial score (nSPS) is 10.5. The average Bonchev–Trinajstić information content (AvgIpc) is 3.10. The minimum Gasteiger partial charge on any atom is -0.493 e. The smallest absolute Gasteiger partial charge is 0.321 e. The summed E-state index contributed by atoms with van der Waals surface area (Å²) in [5.41, 5.74) is 3.33. The summed E-state index contributed by atoms with van der Waals surface area (Å²) >= 11 is 0. The van der Waals surface area contributed by atoms with Crippen molar-refractivity contribution in [1.82, 2.24) is 10.1 Å². The number of benzene rings is 2. The van der Waals surface area contributed by atoms with Gasteiger partial charge in [-0.15, -0.1) is 0 Å². The Kier molecular flexibility index (Phi) is 5.18. The van der Waals surface area contributed by atoms with Crippen LogP contribution in [0, 0.1) is 6.92 Å². The van der Waals surface area contributed by atoms with Gasteiger partial charge in [0.1, 0.15) is 0 Å². The number of rotatable bonds is 7. The largest absolute Gasteiger partial charge is 0.493 e. The van der Waals surface area contributed by atoms with Crippen LogP contribution in [0.1, 0.15) is 11.1 Å². The lowest BCUT2D eigenvalue weighted by molar-refractivity contribution is 0.355. The lowest BCUT2D eigenvalue weighted by Crippen LogP contribution is -2.05. The molecule has 0 radical (unpaired) electrons. The minimum absolute atomic E-state index is 0.400. The molecule has 1 heterocycles. The highest BCUT2D eigenvalue weighted by Crippen LogP contribution is 2.31. The number of ether oxygens (including phenoxy) is 2. The predicted molar refractivity (Wildman–Crippen MR) is 96.2 cm³/mol. The fourth-order valence-electron chi connectivity index (χ4n) is 2.57. The monoisotopic (exact) mass is 339 g/mol. The first-order valence-electron chi connectivity index (χ1n) is 8.05. The number of methoxy groups -OCH3 is 2. The van der Waals surface area contributed by atoms with Gasteiger partial charge < -0.3 is 19.3 Å². The van der Waals surface area contributed by atoms with Gasteiger partial charge in [0.15, 0.2) is 11.5 Å². The third-order valence-electron chi connectivity index (χ3n) is 3.84. The SMILES string of the molecule is COc1ccc(-c2noc(NCCc3cccc(C)c3)n2)cc1OC. The lowest BCUT2D eigenvalue weighted by Gasteiger charge is -2.07. The second-order valence-corrected chi connectivity index (χ2v) is 5.66. The van der Waals surface area contributed by atoms with Crippen molar-refractivity contribution in [2.75, 3.05) is 26.1 Å². The Hall–Kier alpha value is -3.02. The molecule has 0 spiro atoms. The van der Waals surface area contributed by atoms with E-state index in [1.807, 2.05) is 18.2 Å². The van der Waals surface area contributed by atoms with Gasteiger partial charge in [-0.25, -0.2) is 0 Å². The number of anilines is 1. The van der Waals surface area contributed by atoms with E-state index in [1.54, 1.807) is 14.2 Å². The van der Waals surface area contributed by atoms with E-state index in [-0.39, 0.29) is 0 Å². The molecule has 0 amide bonds. The molecule has 3 rings (SSSR count). The molecule has 2 aromatic carbocycles. The summed E-state index contributed by atoms with van der Waals surface area (Å²) in [4.78, 5) is 4.37. The van der Waals surface area contributed by atoms with Gasteiger partial charge in [-0.05, 0) is 37.1 Å². The average molecular weight is 339 g/mol. The zero-order valence-electron chi connectivity index (χ0n) is 14.6. The van der Waals surface area contributed by atoms with E-state index in [1.165, 1.54) is 11.1 Å². The number of aryl methyl sites for hydroxylation is 1. The third kappa shape index (κ3) is 4.09. The molecule has 6 nitrogen and oxygen atoms in total. The van der Waals surface area contributed by atoms with Crippen LogP contribution in [0.3, 0.4) is 0 Å². The number of hydrogen-bond donors (Lipinski definition) is 1. The highest BCUT2D eigenvalue weighted by Gasteiger charge is 2.11. The van der Waals surface area contributed by atoms with Crippen molar-refractivity contribution < 1.29 is 14.0 Å². The molecule has 1 N–H and O–H groups in total. The van der Waals surface area contributed by atoms with Gasteiger partial charge in [-0.2, -0.15) is 4.98 Å². The van der Waals surface area contributed by atoms with E-state index in [0.29, 0.717) is 23.3 Å². The van der Waals surface area contributed by atoms with Crippen molar-refractivity contribution in [3.05, 3.63) is 53.6 Å². The third-order valence-corrected chi connectivity index (χ3v) is 3.84. The van der Waals surface area contributed by atoms with E-state index < -0.39 is 0 Å². The molecule has 3 aromatic rings. The van der Waals surface area contributed by atoms with Crippen LogP contribution in [-0.2, 0) is 6.42 Å². The maximum absolute atomic E-state index is 5.30. The molecular formula is C19H21N3O3. The molecule has 0 bridgehead atoms. The first-order chi connectivity index (χ1) is 12.2. The molecule has 0 unspecified atom stereocenters. The molecular weight excluding hydrogens is 318 g/mol. The van der Waals surface area contributed by atoms with E-state index in [9.17, 15) is 0 Å². The Morgan fingerprint density at radius 3 is 2.64 bits per heavy atom. The zero-order chi connectivity index (χ0) is 17.6. The molecule has 6 heteroatoms. The minimum atomic E-state index is 0.400. The van der Waals surface area contributed by atoms with Gasteiger partial charge >= 0.3 is 6.01 Å². The van der Waals surface area contributed by atoms with Crippen molar-refractivity contribution in [2.45, 2.75) is 13.3 Å².